The highest BCUT2D eigenvalue weighted by molar-refractivity contribution is 5.76. The van der Waals surface area contributed by atoms with Crippen LogP contribution in [0.4, 0.5) is 4.79 Å². The molecule has 6 heteroatoms. The van der Waals surface area contributed by atoms with E-state index >= 15 is 0 Å². The fourth-order valence-electron chi connectivity index (χ4n) is 2.80. The molecule has 0 radical (unpaired) electrons. The number of carbonyl (C=O) groups is 2. The Morgan fingerprint density at radius 1 is 1.40 bits per heavy atom. The number of amides is 2. The Morgan fingerprint density at radius 2 is 2.10 bits per heavy atom. The fraction of sp³-hybridized carbons (Fsp3) is 0.857. The van der Waals surface area contributed by atoms with Crippen LogP contribution in [0, 0.1) is 11.3 Å². The van der Waals surface area contributed by atoms with E-state index in [1.807, 2.05) is 0 Å². The van der Waals surface area contributed by atoms with Crippen LogP contribution in [-0.4, -0.2) is 54.9 Å². The Labute approximate surface area is 119 Å². The van der Waals surface area contributed by atoms with Gasteiger partial charge in [-0.3, -0.25) is 4.79 Å². The van der Waals surface area contributed by atoms with E-state index < -0.39 is 11.9 Å². The number of carbonyl (C=O) groups excluding carboxylic acids is 1. The van der Waals surface area contributed by atoms with Crippen LogP contribution in [0.5, 0.6) is 0 Å². The summed E-state index contributed by atoms with van der Waals surface area (Å²) in [6, 6.07) is -0.135. The van der Waals surface area contributed by atoms with Crippen molar-refractivity contribution < 1.29 is 19.4 Å². The molecule has 2 fully saturated rings. The largest absolute Gasteiger partial charge is 0.481 e. The molecule has 0 saturated carbocycles. The second-order valence-corrected chi connectivity index (χ2v) is 6.21. The van der Waals surface area contributed by atoms with E-state index in [1.165, 1.54) is 0 Å². The molecule has 1 atom stereocenters. The molecule has 0 aromatic carbocycles. The van der Waals surface area contributed by atoms with Crippen molar-refractivity contribution in [1.29, 1.82) is 0 Å². The van der Waals surface area contributed by atoms with Crippen LogP contribution in [0.15, 0.2) is 0 Å². The number of carboxylic acids is 1. The SMILES string of the molecule is CC1(CNC(=O)N2CCC[C@@H](C(=O)O)C2)CCOCC1. The van der Waals surface area contributed by atoms with Crippen LogP contribution in [0.3, 0.4) is 0 Å². The Hall–Kier alpha value is -1.30. The molecule has 2 N–H and O–H groups in total. The van der Waals surface area contributed by atoms with Crippen molar-refractivity contribution in [1.82, 2.24) is 10.2 Å². The van der Waals surface area contributed by atoms with Crippen LogP contribution >= 0.6 is 0 Å². The minimum absolute atomic E-state index is 0.0932. The minimum Gasteiger partial charge on any atom is -0.481 e. The van der Waals surface area contributed by atoms with Gasteiger partial charge in [0.1, 0.15) is 0 Å². The van der Waals surface area contributed by atoms with E-state index in [0.717, 1.165) is 32.5 Å². The maximum Gasteiger partial charge on any atom is 0.317 e. The van der Waals surface area contributed by atoms with Gasteiger partial charge >= 0.3 is 12.0 Å². The number of aliphatic carboxylic acids is 1. The molecule has 2 aliphatic rings. The summed E-state index contributed by atoms with van der Waals surface area (Å²) in [5.74, 6) is -1.23. The van der Waals surface area contributed by atoms with Gasteiger partial charge in [0.2, 0.25) is 0 Å². The van der Waals surface area contributed by atoms with Crippen molar-refractivity contribution in [3.63, 3.8) is 0 Å². The number of hydrogen-bond donors (Lipinski definition) is 2. The zero-order chi connectivity index (χ0) is 14.6. The molecular weight excluding hydrogens is 260 g/mol. The van der Waals surface area contributed by atoms with Gasteiger partial charge in [-0.1, -0.05) is 6.92 Å². The normalized spacial score (nSPS) is 26.1. The molecule has 2 aliphatic heterocycles. The van der Waals surface area contributed by atoms with Crippen LogP contribution in [0.25, 0.3) is 0 Å². The molecule has 0 aromatic rings. The van der Waals surface area contributed by atoms with Gasteiger partial charge in [-0.05, 0) is 31.1 Å². The fourth-order valence-corrected chi connectivity index (χ4v) is 2.80. The zero-order valence-electron chi connectivity index (χ0n) is 12.1. The van der Waals surface area contributed by atoms with Gasteiger partial charge in [-0.2, -0.15) is 0 Å². The van der Waals surface area contributed by atoms with Gasteiger partial charge in [0.15, 0.2) is 0 Å². The second-order valence-electron chi connectivity index (χ2n) is 6.21. The highest BCUT2D eigenvalue weighted by atomic mass is 16.5. The maximum atomic E-state index is 12.1. The molecule has 2 saturated heterocycles. The van der Waals surface area contributed by atoms with Crippen molar-refractivity contribution >= 4 is 12.0 Å². The summed E-state index contributed by atoms with van der Waals surface area (Å²) in [7, 11) is 0. The number of urea groups is 1. The van der Waals surface area contributed by atoms with Gasteiger partial charge in [-0.15, -0.1) is 0 Å². The lowest BCUT2D eigenvalue weighted by atomic mass is 9.82. The predicted octanol–water partition coefficient (Wildman–Crippen LogP) is 1.31. The topological polar surface area (TPSA) is 78.9 Å². The first-order valence-electron chi connectivity index (χ1n) is 7.33. The van der Waals surface area contributed by atoms with Crippen molar-refractivity contribution in [2.75, 3.05) is 32.8 Å². The van der Waals surface area contributed by atoms with Gasteiger partial charge in [0.05, 0.1) is 5.92 Å². The highest BCUT2D eigenvalue weighted by Crippen LogP contribution is 2.28. The molecule has 0 aromatic heterocycles. The summed E-state index contributed by atoms with van der Waals surface area (Å²) in [5, 5.41) is 12.0. The monoisotopic (exact) mass is 284 g/mol. The molecule has 2 rings (SSSR count). The van der Waals surface area contributed by atoms with Crippen LogP contribution in [-0.2, 0) is 9.53 Å². The van der Waals surface area contributed by atoms with Crippen LogP contribution in [0.2, 0.25) is 0 Å². The number of carboxylic acid groups (broad SMARTS) is 1. The van der Waals surface area contributed by atoms with E-state index in [2.05, 4.69) is 12.2 Å². The molecule has 20 heavy (non-hydrogen) atoms. The molecular formula is C14H24N2O4. The summed E-state index contributed by atoms with van der Waals surface area (Å²) in [4.78, 5) is 24.8. The van der Waals surface area contributed by atoms with E-state index in [1.54, 1.807) is 4.90 Å². The van der Waals surface area contributed by atoms with Gasteiger partial charge in [0, 0.05) is 32.8 Å². The quantitative estimate of drug-likeness (QED) is 0.819. The average Bonchev–Trinajstić information content (AvgIpc) is 2.46. The summed E-state index contributed by atoms with van der Waals surface area (Å²) in [5.41, 5.74) is 0.0932. The van der Waals surface area contributed by atoms with Gasteiger partial charge in [-0.25, -0.2) is 4.79 Å². The smallest absolute Gasteiger partial charge is 0.317 e. The Kier molecular flexibility index (Phi) is 4.86. The third-order valence-corrected chi connectivity index (χ3v) is 4.42. The summed E-state index contributed by atoms with van der Waals surface area (Å²) < 4.78 is 5.34. The number of nitrogens with zero attached hydrogens (tertiary/aromatic N) is 1. The first kappa shape index (κ1) is 15.1. The molecule has 2 amide bonds. The lowest BCUT2D eigenvalue weighted by molar-refractivity contribution is -0.143. The molecule has 114 valence electrons. The standard InChI is InChI=1S/C14H24N2O4/c1-14(4-7-20-8-5-14)10-15-13(19)16-6-2-3-11(9-16)12(17)18/h11H,2-10H2,1H3,(H,15,19)(H,17,18)/t11-/m1/s1. The number of ether oxygens (including phenoxy) is 1. The third-order valence-electron chi connectivity index (χ3n) is 4.42. The number of piperidine rings is 1. The van der Waals surface area contributed by atoms with Crippen molar-refractivity contribution in [2.45, 2.75) is 32.6 Å². The molecule has 0 aliphatic carbocycles. The first-order chi connectivity index (χ1) is 9.50. The van der Waals surface area contributed by atoms with E-state index in [9.17, 15) is 9.59 Å². The molecule has 6 nitrogen and oxygen atoms in total. The minimum atomic E-state index is -0.807. The van der Waals surface area contributed by atoms with E-state index in [-0.39, 0.29) is 11.4 Å². The highest BCUT2D eigenvalue weighted by Gasteiger charge is 2.31. The van der Waals surface area contributed by atoms with E-state index in [4.69, 9.17) is 9.84 Å². The van der Waals surface area contributed by atoms with Gasteiger partial charge < -0.3 is 20.1 Å². The number of likely N-dealkylation sites (tertiary alicyclic amines) is 1. The molecule has 0 spiro atoms. The van der Waals surface area contributed by atoms with Gasteiger partial charge in [0.25, 0.3) is 0 Å². The second kappa shape index (κ2) is 6.43. The van der Waals surface area contributed by atoms with Crippen molar-refractivity contribution in [3.8, 4) is 0 Å². The third kappa shape index (κ3) is 3.85. The summed E-state index contributed by atoms with van der Waals surface area (Å²) in [6.07, 6.45) is 3.32. The number of rotatable bonds is 3. The first-order valence-corrected chi connectivity index (χ1v) is 7.33. The Bertz CT molecular complexity index is 366. The Morgan fingerprint density at radius 3 is 2.75 bits per heavy atom. The van der Waals surface area contributed by atoms with E-state index in [0.29, 0.717) is 26.1 Å². The van der Waals surface area contributed by atoms with Crippen molar-refractivity contribution in [2.24, 2.45) is 11.3 Å². The molecule has 0 unspecified atom stereocenters. The van der Waals surface area contributed by atoms with Crippen LogP contribution in [0.1, 0.15) is 32.6 Å². The Balaban J connectivity index is 1.80. The summed E-state index contributed by atoms with van der Waals surface area (Å²) >= 11 is 0. The molecule has 2 heterocycles. The van der Waals surface area contributed by atoms with Crippen LogP contribution < -0.4 is 5.32 Å². The maximum absolute atomic E-state index is 12.1. The lowest BCUT2D eigenvalue weighted by Crippen LogP contribution is -2.49. The zero-order valence-corrected chi connectivity index (χ0v) is 12.1. The predicted molar refractivity (Wildman–Crippen MR) is 73.5 cm³/mol. The van der Waals surface area contributed by atoms with Crippen molar-refractivity contribution in [3.05, 3.63) is 0 Å². The summed E-state index contributed by atoms with van der Waals surface area (Å²) in [6.45, 7) is 5.25. The number of nitrogens with one attached hydrogen (secondary N) is 1. The lowest BCUT2D eigenvalue weighted by Gasteiger charge is -2.35. The molecule has 0 bridgehead atoms. The number of hydrogen-bond acceptors (Lipinski definition) is 3. The average molecular weight is 284 g/mol.